The van der Waals surface area contributed by atoms with Crippen LogP contribution in [0.4, 0.5) is 15.8 Å². The van der Waals surface area contributed by atoms with Crippen molar-refractivity contribution in [3.8, 4) is 0 Å². The largest absolute Gasteiger partial charge is 0.474 e. The van der Waals surface area contributed by atoms with Crippen molar-refractivity contribution in [2.45, 2.75) is 6.10 Å². The van der Waals surface area contributed by atoms with Gasteiger partial charge >= 0.3 is 0 Å². The molecule has 9 heteroatoms. The highest BCUT2D eigenvalue weighted by Crippen LogP contribution is 2.22. The summed E-state index contributed by atoms with van der Waals surface area (Å²) in [6.45, 7) is 2.38. The molecular formula is C15H26FN5O2S. The van der Waals surface area contributed by atoms with Crippen molar-refractivity contribution < 1.29 is 14.2 Å². The Labute approximate surface area is 147 Å². The smallest absolute Gasteiger partial charge is 0.256 e. The number of nitrogens with two attached hydrogens (primary N) is 2. The second-order valence-corrected chi connectivity index (χ2v) is 5.51. The standard InChI is InChI=1S/C15H26FN5O2S/c1-23-15(24)20-10-12(22)9-19-11-2-3-14(13(16)8-11)21(6-4-17)7-5-18/h2-3,8,12,19,22H,4-7,9-10,17-18H2,1H3,(H,20,24)/t12-/m1/s1. The van der Waals surface area contributed by atoms with Gasteiger partial charge in [0.15, 0.2) is 0 Å². The summed E-state index contributed by atoms with van der Waals surface area (Å²) < 4.78 is 19.1. The van der Waals surface area contributed by atoms with Crippen LogP contribution < -0.4 is 27.0 Å². The Bertz CT molecular complexity index is 515. The maximum absolute atomic E-state index is 14.3. The molecule has 0 radical (unpaired) electrons. The highest BCUT2D eigenvalue weighted by atomic mass is 32.1. The molecule has 0 fully saturated rings. The molecule has 136 valence electrons. The molecular weight excluding hydrogens is 333 g/mol. The third-order valence-electron chi connectivity index (χ3n) is 3.30. The molecule has 0 spiro atoms. The zero-order chi connectivity index (χ0) is 17.9. The number of halogens is 1. The summed E-state index contributed by atoms with van der Waals surface area (Å²) in [6.07, 6.45) is -0.702. The zero-order valence-corrected chi connectivity index (χ0v) is 14.6. The number of ether oxygens (including phenoxy) is 1. The average Bonchev–Trinajstić information content (AvgIpc) is 2.57. The van der Waals surface area contributed by atoms with E-state index in [9.17, 15) is 9.50 Å². The Balaban J connectivity index is 2.59. The van der Waals surface area contributed by atoms with E-state index in [2.05, 4.69) is 10.6 Å². The molecule has 0 bridgehead atoms. The third-order valence-corrected chi connectivity index (χ3v) is 3.61. The number of hydrogen-bond donors (Lipinski definition) is 5. The lowest BCUT2D eigenvalue weighted by molar-refractivity contribution is 0.188. The first-order valence-electron chi connectivity index (χ1n) is 7.70. The summed E-state index contributed by atoms with van der Waals surface area (Å²) in [5.41, 5.74) is 12.1. The summed E-state index contributed by atoms with van der Waals surface area (Å²) in [4.78, 5) is 1.81. The SMILES string of the molecule is COC(=S)NC[C@H](O)CNc1ccc(N(CCN)CCN)c(F)c1. The highest BCUT2D eigenvalue weighted by Gasteiger charge is 2.12. The lowest BCUT2D eigenvalue weighted by Crippen LogP contribution is -2.35. The molecule has 0 heterocycles. The van der Waals surface area contributed by atoms with Gasteiger partial charge in [0.25, 0.3) is 5.17 Å². The number of nitrogens with one attached hydrogen (secondary N) is 2. The second-order valence-electron chi connectivity index (χ2n) is 5.14. The van der Waals surface area contributed by atoms with Crippen LogP contribution in [0.5, 0.6) is 0 Å². The topological polar surface area (TPSA) is 109 Å². The van der Waals surface area contributed by atoms with Crippen molar-refractivity contribution in [3.05, 3.63) is 24.0 Å². The number of aliphatic hydroxyl groups is 1. The van der Waals surface area contributed by atoms with Crippen LogP contribution in [0.3, 0.4) is 0 Å². The average molecular weight is 359 g/mol. The van der Waals surface area contributed by atoms with Crippen molar-refractivity contribution >= 4 is 28.8 Å². The fourth-order valence-corrected chi connectivity index (χ4v) is 2.20. The predicted molar refractivity (Wildman–Crippen MR) is 98.8 cm³/mol. The van der Waals surface area contributed by atoms with Gasteiger partial charge in [0.05, 0.1) is 18.9 Å². The Morgan fingerprint density at radius 2 is 2.00 bits per heavy atom. The number of aliphatic hydroxyl groups excluding tert-OH is 1. The molecule has 24 heavy (non-hydrogen) atoms. The van der Waals surface area contributed by atoms with Crippen molar-refractivity contribution in [1.82, 2.24) is 5.32 Å². The van der Waals surface area contributed by atoms with E-state index in [1.807, 2.05) is 4.90 Å². The molecule has 0 aliphatic rings. The Hall–Kier alpha value is -1.68. The molecule has 0 aliphatic heterocycles. The molecule has 1 atom stereocenters. The Morgan fingerprint density at radius 3 is 2.54 bits per heavy atom. The first-order chi connectivity index (χ1) is 11.5. The summed E-state index contributed by atoms with van der Waals surface area (Å²) in [6, 6.07) is 4.81. The van der Waals surface area contributed by atoms with Crippen molar-refractivity contribution in [1.29, 1.82) is 0 Å². The molecule has 0 amide bonds. The van der Waals surface area contributed by atoms with E-state index in [0.717, 1.165) is 0 Å². The quantitative estimate of drug-likeness (QED) is 0.367. The Morgan fingerprint density at radius 1 is 1.33 bits per heavy atom. The van der Waals surface area contributed by atoms with Crippen molar-refractivity contribution in [2.24, 2.45) is 11.5 Å². The van der Waals surface area contributed by atoms with Gasteiger partial charge in [0, 0.05) is 45.0 Å². The van der Waals surface area contributed by atoms with Gasteiger partial charge in [-0.3, -0.25) is 0 Å². The predicted octanol–water partition coefficient (Wildman–Crippen LogP) is -0.157. The number of thiocarbonyl (C=S) groups is 1. The molecule has 7 N–H and O–H groups in total. The number of rotatable bonds is 10. The first-order valence-corrected chi connectivity index (χ1v) is 8.11. The van der Waals surface area contributed by atoms with Crippen LogP contribution in [0.15, 0.2) is 18.2 Å². The molecule has 1 aromatic rings. The van der Waals surface area contributed by atoms with Gasteiger partial charge in [-0.15, -0.1) is 0 Å². The number of benzene rings is 1. The summed E-state index contributed by atoms with van der Waals surface area (Å²) in [7, 11) is 1.45. The Kier molecular flexibility index (Phi) is 9.31. The van der Waals surface area contributed by atoms with Crippen LogP contribution in [0.1, 0.15) is 0 Å². The van der Waals surface area contributed by atoms with Gasteiger partial charge in [-0.1, -0.05) is 0 Å². The van der Waals surface area contributed by atoms with E-state index in [1.54, 1.807) is 12.1 Å². The lowest BCUT2D eigenvalue weighted by Gasteiger charge is -2.24. The van der Waals surface area contributed by atoms with Crippen LogP contribution in [-0.2, 0) is 4.74 Å². The minimum Gasteiger partial charge on any atom is -0.474 e. The van der Waals surface area contributed by atoms with Crippen LogP contribution in [0.2, 0.25) is 0 Å². The molecule has 0 saturated carbocycles. The number of anilines is 2. The molecule has 0 unspecified atom stereocenters. The molecule has 7 nitrogen and oxygen atoms in total. The maximum atomic E-state index is 14.3. The fourth-order valence-electron chi connectivity index (χ4n) is 2.12. The van der Waals surface area contributed by atoms with E-state index >= 15 is 0 Å². The third kappa shape index (κ3) is 6.83. The monoisotopic (exact) mass is 359 g/mol. The second kappa shape index (κ2) is 11.0. The van der Waals surface area contributed by atoms with Gasteiger partial charge in [0.2, 0.25) is 0 Å². The molecule has 0 aliphatic carbocycles. The summed E-state index contributed by atoms with van der Waals surface area (Å²) >= 11 is 4.81. The minimum absolute atomic E-state index is 0.212. The molecule has 0 aromatic heterocycles. The van der Waals surface area contributed by atoms with Gasteiger partial charge in [-0.05, 0) is 30.4 Å². The van der Waals surface area contributed by atoms with Gasteiger partial charge in [0.1, 0.15) is 5.82 Å². The van der Waals surface area contributed by atoms with Crippen LogP contribution in [-0.4, -0.2) is 62.8 Å². The van der Waals surface area contributed by atoms with Crippen LogP contribution in [0, 0.1) is 5.82 Å². The lowest BCUT2D eigenvalue weighted by atomic mass is 10.2. The highest BCUT2D eigenvalue weighted by molar-refractivity contribution is 7.80. The summed E-state index contributed by atoms with van der Waals surface area (Å²) in [5.74, 6) is -0.366. The normalized spacial score (nSPS) is 11.7. The number of hydrogen-bond acceptors (Lipinski definition) is 7. The van der Waals surface area contributed by atoms with Gasteiger partial charge in [-0.2, -0.15) is 0 Å². The number of methoxy groups -OCH3 is 1. The van der Waals surface area contributed by atoms with E-state index in [-0.39, 0.29) is 24.1 Å². The minimum atomic E-state index is -0.702. The number of nitrogens with zero attached hydrogens (tertiary/aromatic N) is 1. The first kappa shape index (κ1) is 20.4. The van der Waals surface area contributed by atoms with Crippen LogP contribution in [0.25, 0.3) is 0 Å². The van der Waals surface area contributed by atoms with Gasteiger partial charge < -0.3 is 36.8 Å². The molecule has 1 aromatic carbocycles. The van der Waals surface area contributed by atoms with E-state index < -0.39 is 6.10 Å². The van der Waals surface area contributed by atoms with Crippen molar-refractivity contribution in [3.63, 3.8) is 0 Å². The van der Waals surface area contributed by atoms with Crippen molar-refractivity contribution in [2.75, 3.05) is 56.6 Å². The van der Waals surface area contributed by atoms with Crippen LogP contribution >= 0.6 is 12.2 Å². The molecule has 1 rings (SSSR count). The van der Waals surface area contributed by atoms with E-state index in [1.165, 1.54) is 13.2 Å². The summed E-state index contributed by atoms with van der Waals surface area (Å²) in [5, 5.41) is 15.8. The zero-order valence-electron chi connectivity index (χ0n) is 13.8. The van der Waals surface area contributed by atoms with Gasteiger partial charge in [-0.25, -0.2) is 4.39 Å². The van der Waals surface area contributed by atoms with E-state index in [0.29, 0.717) is 37.6 Å². The molecule has 0 saturated heterocycles. The van der Waals surface area contributed by atoms with E-state index in [4.69, 9.17) is 28.4 Å². The maximum Gasteiger partial charge on any atom is 0.256 e. The fraction of sp³-hybridized carbons (Fsp3) is 0.533.